The SMILES string of the molecule is COc1ncc(CN2CCOC[C@@H](Cc3ccc4ccoc4c3)C2)cn1. The van der Waals surface area contributed by atoms with Gasteiger partial charge in [0.05, 0.1) is 26.6 Å². The number of rotatable bonds is 5. The fraction of sp³-hybridized carbons (Fsp3) is 0.400. The zero-order valence-corrected chi connectivity index (χ0v) is 14.9. The average Bonchev–Trinajstić information content (AvgIpc) is 3.02. The first-order valence-electron chi connectivity index (χ1n) is 8.91. The van der Waals surface area contributed by atoms with Crippen LogP contribution >= 0.6 is 0 Å². The van der Waals surface area contributed by atoms with Crippen molar-refractivity contribution in [2.24, 2.45) is 5.92 Å². The van der Waals surface area contributed by atoms with E-state index < -0.39 is 0 Å². The number of furan rings is 1. The number of hydrogen-bond donors (Lipinski definition) is 0. The van der Waals surface area contributed by atoms with Crippen LogP contribution in [-0.4, -0.2) is 48.3 Å². The highest BCUT2D eigenvalue weighted by Gasteiger charge is 2.20. The van der Waals surface area contributed by atoms with Crippen molar-refractivity contribution >= 4 is 11.0 Å². The molecule has 0 bridgehead atoms. The number of hydrogen-bond acceptors (Lipinski definition) is 6. The largest absolute Gasteiger partial charge is 0.467 e. The zero-order chi connectivity index (χ0) is 17.8. The van der Waals surface area contributed by atoms with Crippen molar-refractivity contribution in [2.75, 3.05) is 33.4 Å². The molecule has 1 atom stereocenters. The lowest BCUT2D eigenvalue weighted by Crippen LogP contribution is -2.30. The summed E-state index contributed by atoms with van der Waals surface area (Å²) in [4.78, 5) is 10.8. The Hall–Kier alpha value is -2.44. The molecule has 0 saturated carbocycles. The topological polar surface area (TPSA) is 60.6 Å². The smallest absolute Gasteiger partial charge is 0.316 e. The highest BCUT2D eigenvalue weighted by Crippen LogP contribution is 2.21. The van der Waals surface area contributed by atoms with E-state index in [1.54, 1.807) is 13.4 Å². The molecular weight excluding hydrogens is 330 g/mol. The van der Waals surface area contributed by atoms with Gasteiger partial charge in [0.15, 0.2) is 0 Å². The van der Waals surface area contributed by atoms with Crippen LogP contribution < -0.4 is 4.74 Å². The molecule has 0 amide bonds. The Morgan fingerprint density at radius 2 is 2.08 bits per heavy atom. The van der Waals surface area contributed by atoms with Gasteiger partial charge in [0.25, 0.3) is 0 Å². The second-order valence-electron chi connectivity index (χ2n) is 6.75. The van der Waals surface area contributed by atoms with Crippen LogP contribution in [0.2, 0.25) is 0 Å². The third-order valence-electron chi connectivity index (χ3n) is 4.74. The molecule has 1 saturated heterocycles. The van der Waals surface area contributed by atoms with Gasteiger partial charge in [-0.1, -0.05) is 12.1 Å². The Morgan fingerprint density at radius 1 is 1.19 bits per heavy atom. The lowest BCUT2D eigenvalue weighted by Gasteiger charge is -2.23. The van der Waals surface area contributed by atoms with Crippen LogP contribution in [0, 0.1) is 5.92 Å². The minimum atomic E-state index is 0.402. The minimum Gasteiger partial charge on any atom is -0.467 e. The van der Waals surface area contributed by atoms with E-state index >= 15 is 0 Å². The maximum absolute atomic E-state index is 5.84. The number of ether oxygens (including phenoxy) is 2. The molecule has 1 fully saturated rings. The van der Waals surface area contributed by atoms with Crippen molar-refractivity contribution in [3.05, 3.63) is 54.0 Å². The highest BCUT2D eigenvalue weighted by atomic mass is 16.5. The number of aromatic nitrogens is 2. The molecule has 0 aliphatic carbocycles. The molecule has 6 nitrogen and oxygen atoms in total. The fourth-order valence-electron chi connectivity index (χ4n) is 3.47. The molecule has 0 N–H and O–H groups in total. The molecule has 1 aromatic carbocycles. The van der Waals surface area contributed by atoms with Crippen LogP contribution in [0.25, 0.3) is 11.0 Å². The number of benzene rings is 1. The van der Waals surface area contributed by atoms with Gasteiger partial charge in [-0.15, -0.1) is 0 Å². The Morgan fingerprint density at radius 3 is 2.92 bits per heavy atom. The predicted molar refractivity (Wildman–Crippen MR) is 98.1 cm³/mol. The van der Waals surface area contributed by atoms with E-state index in [0.717, 1.165) is 55.8 Å². The normalized spacial score (nSPS) is 18.7. The van der Waals surface area contributed by atoms with Crippen molar-refractivity contribution < 1.29 is 13.9 Å². The van der Waals surface area contributed by atoms with E-state index in [-0.39, 0.29) is 0 Å². The fourth-order valence-corrected chi connectivity index (χ4v) is 3.47. The molecule has 2 aromatic heterocycles. The molecule has 1 aliphatic rings. The Kier molecular flexibility index (Phi) is 5.13. The Bertz CT molecular complexity index is 847. The van der Waals surface area contributed by atoms with Crippen LogP contribution in [0.3, 0.4) is 0 Å². The first-order valence-corrected chi connectivity index (χ1v) is 8.91. The summed E-state index contributed by atoms with van der Waals surface area (Å²) in [5.74, 6) is 0.448. The molecule has 136 valence electrons. The summed E-state index contributed by atoms with van der Waals surface area (Å²) in [6.45, 7) is 4.26. The van der Waals surface area contributed by atoms with Gasteiger partial charge >= 0.3 is 6.01 Å². The first-order chi connectivity index (χ1) is 12.8. The van der Waals surface area contributed by atoms with Crippen molar-refractivity contribution in [1.82, 2.24) is 14.9 Å². The molecule has 6 heteroatoms. The molecule has 0 radical (unpaired) electrons. The molecule has 0 unspecified atom stereocenters. The minimum absolute atomic E-state index is 0.402. The number of methoxy groups -OCH3 is 1. The third kappa shape index (κ3) is 4.03. The van der Waals surface area contributed by atoms with E-state index in [1.807, 2.05) is 18.5 Å². The zero-order valence-electron chi connectivity index (χ0n) is 14.9. The third-order valence-corrected chi connectivity index (χ3v) is 4.74. The summed E-state index contributed by atoms with van der Waals surface area (Å²) in [5, 5.41) is 1.15. The van der Waals surface area contributed by atoms with Gasteiger partial charge in [0.1, 0.15) is 5.58 Å². The second kappa shape index (κ2) is 7.85. The van der Waals surface area contributed by atoms with Crippen LogP contribution in [0.4, 0.5) is 0 Å². The maximum atomic E-state index is 5.84. The van der Waals surface area contributed by atoms with Gasteiger partial charge in [-0.3, -0.25) is 4.90 Å². The summed E-state index contributed by atoms with van der Waals surface area (Å²) in [6.07, 6.45) is 6.38. The van der Waals surface area contributed by atoms with E-state index in [0.29, 0.717) is 11.9 Å². The number of fused-ring (bicyclic) bond motifs is 1. The van der Waals surface area contributed by atoms with Crippen molar-refractivity contribution in [3.63, 3.8) is 0 Å². The molecule has 4 rings (SSSR count). The van der Waals surface area contributed by atoms with Crippen molar-refractivity contribution in [3.8, 4) is 6.01 Å². The van der Waals surface area contributed by atoms with Crippen LogP contribution in [0.5, 0.6) is 6.01 Å². The van der Waals surface area contributed by atoms with Gasteiger partial charge in [-0.05, 0) is 30.0 Å². The standard InChI is InChI=1S/C20H23N3O3/c1-24-20-21-10-17(11-22-20)13-23-5-7-25-14-16(12-23)8-15-2-3-18-4-6-26-19(18)9-15/h2-4,6,9-11,16H,5,7-8,12-14H2,1H3/t16-/m0/s1. The van der Waals surface area contributed by atoms with Crippen LogP contribution in [-0.2, 0) is 17.7 Å². The van der Waals surface area contributed by atoms with E-state index in [4.69, 9.17) is 13.9 Å². The molecule has 0 spiro atoms. The van der Waals surface area contributed by atoms with Crippen LogP contribution in [0.1, 0.15) is 11.1 Å². The second-order valence-corrected chi connectivity index (χ2v) is 6.75. The van der Waals surface area contributed by atoms with Gasteiger partial charge in [0, 0.05) is 43.0 Å². The Labute approximate surface area is 152 Å². The highest BCUT2D eigenvalue weighted by molar-refractivity contribution is 5.77. The lowest BCUT2D eigenvalue weighted by molar-refractivity contribution is 0.121. The van der Waals surface area contributed by atoms with Crippen molar-refractivity contribution in [1.29, 1.82) is 0 Å². The summed E-state index contributed by atoms with van der Waals surface area (Å²) in [6, 6.07) is 8.84. The molecule has 3 heterocycles. The predicted octanol–water partition coefficient (Wildman–Crippen LogP) is 2.92. The summed E-state index contributed by atoms with van der Waals surface area (Å²) in [7, 11) is 1.58. The van der Waals surface area contributed by atoms with E-state index in [2.05, 4.69) is 33.1 Å². The van der Waals surface area contributed by atoms with Crippen LogP contribution in [0.15, 0.2) is 47.3 Å². The summed E-state index contributed by atoms with van der Waals surface area (Å²) < 4.78 is 16.4. The molecular formula is C20H23N3O3. The monoisotopic (exact) mass is 353 g/mol. The van der Waals surface area contributed by atoms with Gasteiger partial charge in [-0.25, -0.2) is 9.97 Å². The first kappa shape index (κ1) is 17.0. The molecule has 1 aliphatic heterocycles. The number of nitrogens with zero attached hydrogens (tertiary/aromatic N) is 3. The Balaban J connectivity index is 1.41. The van der Waals surface area contributed by atoms with Gasteiger partial charge in [0.2, 0.25) is 0 Å². The summed E-state index contributed by atoms with van der Waals surface area (Å²) >= 11 is 0. The summed E-state index contributed by atoms with van der Waals surface area (Å²) in [5.41, 5.74) is 3.32. The lowest BCUT2D eigenvalue weighted by atomic mass is 9.99. The quantitative estimate of drug-likeness (QED) is 0.703. The maximum Gasteiger partial charge on any atom is 0.316 e. The van der Waals surface area contributed by atoms with E-state index in [1.165, 1.54) is 5.56 Å². The molecule has 3 aromatic rings. The van der Waals surface area contributed by atoms with Gasteiger partial charge < -0.3 is 13.9 Å². The van der Waals surface area contributed by atoms with Gasteiger partial charge in [-0.2, -0.15) is 0 Å². The van der Waals surface area contributed by atoms with E-state index in [9.17, 15) is 0 Å². The molecule has 26 heavy (non-hydrogen) atoms. The van der Waals surface area contributed by atoms with Crippen molar-refractivity contribution in [2.45, 2.75) is 13.0 Å². The average molecular weight is 353 g/mol.